The van der Waals surface area contributed by atoms with Crippen LogP contribution < -0.4 is 5.32 Å². The van der Waals surface area contributed by atoms with E-state index in [2.05, 4.69) is 0 Å². The first-order valence-electron chi connectivity index (χ1n) is 7.86. The zero-order chi connectivity index (χ0) is 17.4. The van der Waals surface area contributed by atoms with E-state index in [-0.39, 0.29) is 11.8 Å². The molecule has 0 bridgehead atoms. The number of carbonyl (C=O) groups is 3. The van der Waals surface area contributed by atoms with Gasteiger partial charge in [0.15, 0.2) is 6.04 Å². The number of ether oxygens (including phenoxy) is 2. The van der Waals surface area contributed by atoms with Crippen LogP contribution in [0.15, 0.2) is 0 Å². The van der Waals surface area contributed by atoms with Gasteiger partial charge < -0.3 is 25.0 Å². The highest BCUT2D eigenvalue weighted by Gasteiger charge is 2.29. The summed E-state index contributed by atoms with van der Waals surface area (Å²) in [5.41, 5.74) is 0. The first-order valence-corrected chi connectivity index (χ1v) is 7.86. The first-order chi connectivity index (χ1) is 10.8. The van der Waals surface area contributed by atoms with Crippen molar-refractivity contribution in [1.82, 2.24) is 5.32 Å². The van der Waals surface area contributed by atoms with Gasteiger partial charge in [-0.25, -0.2) is 9.59 Å². The van der Waals surface area contributed by atoms with E-state index in [1.165, 1.54) is 0 Å². The van der Waals surface area contributed by atoms with Crippen molar-refractivity contribution in [3.05, 3.63) is 0 Å². The molecule has 0 aliphatic heterocycles. The lowest BCUT2D eigenvalue weighted by molar-refractivity contribution is -0.181. The zero-order valence-electron chi connectivity index (χ0n) is 13.5. The topological polar surface area (TPSA) is 122 Å². The molecule has 2 atom stereocenters. The lowest BCUT2D eigenvalue weighted by atomic mass is 9.89. The Bertz CT molecular complexity index is 418. The Hall–Kier alpha value is -1.83. The van der Waals surface area contributed by atoms with E-state index in [1.807, 2.05) is 5.32 Å². The number of rotatable bonds is 7. The number of nitrogens with one attached hydrogen (secondary N) is 1. The second-order valence-electron chi connectivity index (χ2n) is 6.01. The van der Waals surface area contributed by atoms with E-state index < -0.39 is 37.0 Å². The van der Waals surface area contributed by atoms with Crippen LogP contribution in [0.1, 0.15) is 46.0 Å². The third kappa shape index (κ3) is 6.43. The largest absolute Gasteiger partial charge is 0.480 e. The molecule has 0 saturated heterocycles. The molecule has 1 aliphatic carbocycles. The molecule has 1 saturated carbocycles. The van der Waals surface area contributed by atoms with Gasteiger partial charge in [0.2, 0.25) is 0 Å². The van der Waals surface area contributed by atoms with Gasteiger partial charge in [-0.15, -0.1) is 0 Å². The molecule has 0 spiro atoms. The standard InChI is InChI=1S/C15H25NO7/c1-9(2)14(22-13(20)10-6-4-3-5-7-10)23-15(21)16-11(8-17)12(18)19/h9-11,14,17H,3-8H2,1-2H3,(H,16,21)(H,18,19)/t11-,14?/m1/s1. The molecule has 1 rings (SSSR count). The fraction of sp³-hybridized carbons (Fsp3) is 0.800. The van der Waals surface area contributed by atoms with Crippen molar-refractivity contribution in [1.29, 1.82) is 0 Å². The summed E-state index contributed by atoms with van der Waals surface area (Å²) in [6.07, 6.45) is 2.44. The quantitative estimate of drug-likeness (QED) is 0.474. The molecule has 1 aliphatic rings. The Kier molecular flexibility index (Phi) is 7.80. The van der Waals surface area contributed by atoms with E-state index in [9.17, 15) is 14.4 Å². The zero-order valence-corrected chi connectivity index (χ0v) is 13.5. The number of amides is 1. The molecule has 3 N–H and O–H groups in total. The molecular weight excluding hydrogens is 306 g/mol. The summed E-state index contributed by atoms with van der Waals surface area (Å²) in [7, 11) is 0. The van der Waals surface area contributed by atoms with Crippen LogP contribution in [-0.2, 0) is 19.1 Å². The molecule has 0 aromatic rings. The highest BCUT2D eigenvalue weighted by molar-refractivity contribution is 5.80. The van der Waals surface area contributed by atoms with E-state index in [0.29, 0.717) is 0 Å². The molecule has 0 radical (unpaired) electrons. The SMILES string of the molecule is CC(C)C(OC(=O)N[C@H](CO)C(=O)O)OC(=O)C1CCCCC1. The molecule has 0 aromatic heterocycles. The number of aliphatic hydroxyl groups is 1. The van der Waals surface area contributed by atoms with Gasteiger partial charge in [-0.3, -0.25) is 4.79 Å². The highest BCUT2D eigenvalue weighted by Crippen LogP contribution is 2.25. The smallest absolute Gasteiger partial charge is 0.411 e. The van der Waals surface area contributed by atoms with Gasteiger partial charge in [0, 0.05) is 5.92 Å². The summed E-state index contributed by atoms with van der Waals surface area (Å²) in [5.74, 6) is -2.25. The minimum absolute atomic E-state index is 0.180. The average molecular weight is 331 g/mol. The molecule has 1 fully saturated rings. The van der Waals surface area contributed by atoms with Crippen LogP contribution in [0.2, 0.25) is 0 Å². The molecule has 8 heteroatoms. The number of carbonyl (C=O) groups excluding carboxylic acids is 2. The van der Waals surface area contributed by atoms with Crippen molar-refractivity contribution in [3.8, 4) is 0 Å². The molecular formula is C15H25NO7. The third-order valence-electron chi connectivity index (χ3n) is 3.71. The minimum atomic E-state index is -1.47. The van der Waals surface area contributed by atoms with Crippen molar-refractivity contribution in [2.75, 3.05) is 6.61 Å². The van der Waals surface area contributed by atoms with Gasteiger partial charge in [0.05, 0.1) is 12.5 Å². The summed E-state index contributed by atoms with van der Waals surface area (Å²) in [4.78, 5) is 34.6. The van der Waals surface area contributed by atoms with Gasteiger partial charge in [0.1, 0.15) is 0 Å². The van der Waals surface area contributed by atoms with Crippen LogP contribution in [0.5, 0.6) is 0 Å². The lowest BCUT2D eigenvalue weighted by Gasteiger charge is -2.26. The Morgan fingerprint density at radius 2 is 1.74 bits per heavy atom. The molecule has 1 amide bonds. The lowest BCUT2D eigenvalue weighted by Crippen LogP contribution is -2.45. The maximum atomic E-state index is 12.1. The summed E-state index contributed by atoms with van der Waals surface area (Å²) < 4.78 is 10.3. The summed E-state index contributed by atoms with van der Waals surface area (Å²) in [5, 5.41) is 19.6. The second kappa shape index (κ2) is 9.34. The van der Waals surface area contributed by atoms with Crippen LogP contribution in [-0.4, -0.2) is 47.2 Å². The maximum absolute atomic E-state index is 12.1. The molecule has 1 unspecified atom stereocenters. The Morgan fingerprint density at radius 1 is 1.13 bits per heavy atom. The van der Waals surface area contributed by atoms with Crippen molar-refractivity contribution < 1.29 is 34.1 Å². The summed E-state index contributed by atoms with van der Waals surface area (Å²) in [6.45, 7) is 2.66. The van der Waals surface area contributed by atoms with Crippen LogP contribution in [0, 0.1) is 11.8 Å². The van der Waals surface area contributed by atoms with Gasteiger partial charge in [-0.1, -0.05) is 33.1 Å². The normalized spacial score (nSPS) is 18.1. The van der Waals surface area contributed by atoms with Crippen LogP contribution in [0.25, 0.3) is 0 Å². The van der Waals surface area contributed by atoms with Crippen molar-refractivity contribution in [2.45, 2.75) is 58.3 Å². The Morgan fingerprint density at radius 3 is 2.22 bits per heavy atom. The molecule has 132 valence electrons. The molecule has 23 heavy (non-hydrogen) atoms. The van der Waals surface area contributed by atoms with Crippen LogP contribution in [0.4, 0.5) is 4.79 Å². The number of carboxylic acid groups (broad SMARTS) is 1. The van der Waals surface area contributed by atoms with Gasteiger partial charge in [0.25, 0.3) is 6.29 Å². The average Bonchev–Trinajstić information content (AvgIpc) is 2.52. The summed E-state index contributed by atoms with van der Waals surface area (Å²) in [6, 6.07) is -1.47. The first kappa shape index (κ1) is 19.2. The number of carboxylic acids is 1. The molecule has 0 heterocycles. The predicted molar refractivity (Wildman–Crippen MR) is 79.4 cm³/mol. The third-order valence-corrected chi connectivity index (χ3v) is 3.71. The van der Waals surface area contributed by atoms with Gasteiger partial charge in [-0.05, 0) is 12.8 Å². The van der Waals surface area contributed by atoms with E-state index >= 15 is 0 Å². The predicted octanol–water partition coefficient (Wildman–Crippen LogP) is 1.26. The number of aliphatic hydroxyl groups excluding tert-OH is 1. The van der Waals surface area contributed by atoms with Crippen molar-refractivity contribution in [2.24, 2.45) is 11.8 Å². The molecule has 0 aromatic carbocycles. The fourth-order valence-corrected chi connectivity index (χ4v) is 2.31. The molecule has 8 nitrogen and oxygen atoms in total. The number of hydrogen-bond acceptors (Lipinski definition) is 6. The van der Waals surface area contributed by atoms with Crippen LogP contribution >= 0.6 is 0 Å². The number of hydrogen-bond donors (Lipinski definition) is 3. The van der Waals surface area contributed by atoms with E-state index in [1.54, 1.807) is 13.8 Å². The fourth-order valence-electron chi connectivity index (χ4n) is 2.31. The number of alkyl carbamates (subject to hydrolysis) is 1. The number of aliphatic carboxylic acids is 1. The number of esters is 1. The van der Waals surface area contributed by atoms with Crippen LogP contribution in [0.3, 0.4) is 0 Å². The summed E-state index contributed by atoms with van der Waals surface area (Å²) >= 11 is 0. The van der Waals surface area contributed by atoms with E-state index in [4.69, 9.17) is 19.7 Å². The Balaban J connectivity index is 2.55. The van der Waals surface area contributed by atoms with Gasteiger partial charge in [-0.2, -0.15) is 0 Å². The van der Waals surface area contributed by atoms with Crippen molar-refractivity contribution >= 4 is 18.0 Å². The second-order valence-corrected chi connectivity index (χ2v) is 6.01. The highest BCUT2D eigenvalue weighted by atomic mass is 16.7. The Labute approximate surface area is 135 Å². The maximum Gasteiger partial charge on any atom is 0.411 e. The van der Waals surface area contributed by atoms with Crippen molar-refractivity contribution in [3.63, 3.8) is 0 Å². The van der Waals surface area contributed by atoms with E-state index in [0.717, 1.165) is 32.1 Å². The van der Waals surface area contributed by atoms with Gasteiger partial charge >= 0.3 is 18.0 Å². The monoisotopic (exact) mass is 331 g/mol. The minimum Gasteiger partial charge on any atom is -0.480 e.